The summed E-state index contributed by atoms with van der Waals surface area (Å²) in [6.45, 7) is 0. The molecule has 0 atom stereocenters. The van der Waals surface area contributed by atoms with E-state index in [0.29, 0.717) is 10.8 Å². The lowest BCUT2D eigenvalue weighted by Crippen LogP contribution is -2.07. The van der Waals surface area contributed by atoms with Crippen LogP contribution in [0.5, 0.6) is 0 Å². The number of carbonyl (C=O) groups is 1. The lowest BCUT2D eigenvalue weighted by Gasteiger charge is -2.01. The van der Waals surface area contributed by atoms with Crippen molar-refractivity contribution in [1.29, 1.82) is 0 Å². The predicted octanol–water partition coefficient (Wildman–Crippen LogP) is 0.665. The molecule has 0 spiro atoms. The summed E-state index contributed by atoms with van der Waals surface area (Å²) in [6.07, 6.45) is 4.61. The molecule has 0 amide bonds. The van der Waals surface area contributed by atoms with Gasteiger partial charge in [0.05, 0.1) is 0 Å². The molecule has 0 saturated carbocycles. The molecule has 0 bridgehead atoms. The maximum Gasteiger partial charge on any atom is 0.342 e. The molecule has 2 rings (SSSR count). The summed E-state index contributed by atoms with van der Waals surface area (Å²) < 4.78 is 1.29. The molecule has 2 aromatic rings. The van der Waals surface area contributed by atoms with Gasteiger partial charge in [-0.05, 0) is 6.26 Å². The number of nitrogens with two attached hydrogens (primary N) is 1. The zero-order chi connectivity index (χ0) is 12.4. The number of anilines is 1. The van der Waals surface area contributed by atoms with E-state index in [9.17, 15) is 4.79 Å². The van der Waals surface area contributed by atoms with Crippen molar-refractivity contribution in [2.75, 3.05) is 12.0 Å². The van der Waals surface area contributed by atoms with Crippen molar-refractivity contribution in [2.24, 2.45) is 0 Å². The minimum atomic E-state index is -1.10. The maximum atomic E-state index is 11.1. The van der Waals surface area contributed by atoms with Crippen LogP contribution in [0.2, 0.25) is 0 Å². The molecule has 0 aliphatic heterocycles. The fraction of sp³-hybridized carbons (Fsp3) is 0.111. The Kier molecular flexibility index (Phi) is 2.96. The molecule has 0 aliphatic rings. The lowest BCUT2D eigenvalue weighted by atomic mass is 10.3. The Bertz CT molecular complexity index is 554. The molecule has 7 nitrogen and oxygen atoms in total. The van der Waals surface area contributed by atoms with Gasteiger partial charge in [-0.15, -0.1) is 11.8 Å². The van der Waals surface area contributed by atoms with Crippen molar-refractivity contribution in [3.05, 3.63) is 24.2 Å². The fourth-order valence-electron chi connectivity index (χ4n) is 1.34. The van der Waals surface area contributed by atoms with Crippen molar-refractivity contribution in [3.63, 3.8) is 0 Å². The van der Waals surface area contributed by atoms with Gasteiger partial charge in [0, 0.05) is 12.3 Å². The molecular formula is C9H9N5O2S. The van der Waals surface area contributed by atoms with Gasteiger partial charge in [0.25, 0.3) is 0 Å². The summed E-state index contributed by atoms with van der Waals surface area (Å²) in [5, 5.41) is 13.5. The van der Waals surface area contributed by atoms with Crippen molar-refractivity contribution < 1.29 is 9.90 Å². The Hall–Kier alpha value is -2.09. The van der Waals surface area contributed by atoms with Crippen LogP contribution in [0.25, 0.3) is 5.82 Å². The van der Waals surface area contributed by atoms with Gasteiger partial charge in [-0.3, -0.25) is 0 Å². The third kappa shape index (κ3) is 1.94. The standard InChI is InChI=1S/C9H9N5O2S/c1-17-8-6(9(15)16)7(10)14(13-8)5-2-3-11-4-12-5/h2-4H,10H2,1H3,(H,15,16). The van der Waals surface area contributed by atoms with E-state index in [2.05, 4.69) is 15.1 Å². The minimum absolute atomic E-state index is 0.00360. The molecule has 0 radical (unpaired) electrons. The molecule has 0 aliphatic carbocycles. The highest BCUT2D eigenvalue weighted by Gasteiger charge is 2.22. The van der Waals surface area contributed by atoms with Crippen LogP contribution in [0.1, 0.15) is 10.4 Å². The molecular weight excluding hydrogens is 242 g/mol. The van der Waals surface area contributed by atoms with Crippen molar-refractivity contribution in [1.82, 2.24) is 19.7 Å². The van der Waals surface area contributed by atoms with Gasteiger partial charge in [0.2, 0.25) is 0 Å². The number of carboxylic acids is 1. The first-order valence-corrected chi connectivity index (χ1v) is 5.79. The summed E-state index contributed by atoms with van der Waals surface area (Å²) in [7, 11) is 0. The lowest BCUT2D eigenvalue weighted by molar-refractivity contribution is 0.0694. The number of nitrogens with zero attached hydrogens (tertiary/aromatic N) is 4. The van der Waals surface area contributed by atoms with Gasteiger partial charge < -0.3 is 10.8 Å². The van der Waals surface area contributed by atoms with Crippen molar-refractivity contribution >= 4 is 23.5 Å². The van der Waals surface area contributed by atoms with E-state index in [1.807, 2.05) is 0 Å². The predicted molar refractivity (Wildman–Crippen MR) is 62.3 cm³/mol. The van der Waals surface area contributed by atoms with Gasteiger partial charge in [-0.2, -0.15) is 9.78 Å². The number of aromatic carboxylic acids is 1. The summed E-state index contributed by atoms with van der Waals surface area (Å²) in [4.78, 5) is 18.8. The Balaban J connectivity index is 2.61. The van der Waals surface area contributed by atoms with E-state index in [0.717, 1.165) is 0 Å². The molecule has 2 heterocycles. The minimum Gasteiger partial charge on any atom is -0.477 e. The zero-order valence-corrected chi connectivity index (χ0v) is 9.68. The molecule has 88 valence electrons. The average molecular weight is 251 g/mol. The third-order valence-corrected chi connectivity index (χ3v) is 2.75. The summed E-state index contributed by atoms with van der Waals surface area (Å²) in [6, 6.07) is 1.60. The van der Waals surface area contributed by atoms with Crippen molar-refractivity contribution in [2.45, 2.75) is 5.03 Å². The topological polar surface area (TPSA) is 107 Å². The highest BCUT2D eigenvalue weighted by Crippen LogP contribution is 2.26. The number of hydrogen-bond donors (Lipinski definition) is 2. The van der Waals surface area contributed by atoms with Crippen LogP contribution >= 0.6 is 11.8 Å². The summed E-state index contributed by atoms with van der Waals surface area (Å²) in [5.74, 6) is -0.618. The first kappa shape index (κ1) is 11.4. The highest BCUT2D eigenvalue weighted by atomic mass is 32.2. The average Bonchev–Trinajstić information content (AvgIpc) is 2.67. The normalized spacial score (nSPS) is 10.4. The van der Waals surface area contributed by atoms with Gasteiger partial charge in [-0.25, -0.2) is 14.8 Å². The van der Waals surface area contributed by atoms with Gasteiger partial charge in [-0.1, -0.05) is 0 Å². The number of carboxylic acid groups (broad SMARTS) is 1. The molecule has 0 saturated heterocycles. The van der Waals surface area contributed by atoms with Crippen LogP contribution in [0, 0.1) is 0 Å². The molecule has 2 aromatic heterocycles. The Morgan fingerprint density at radius 1 is 1.59 bits per heavy atom. The molecule has 0 aromatic carbocycles. The Morgan fingerprint density at radius 2 is 2.35 bits per heavy atom. The number of nitrogen functional groups attached to an aromatic ring is 1. The first-order chi connectivity index (χ1) is 8.15. The van der Waals surface area contributed by atoms with E-state index in [1.165, 1.54) is 29.0 Å². The Morgan fingerprint density at radius 3 is 2.82 bits per heavy atom. The molecule has 3 N–H and O–H groups in total. The van der Waals surface area contributed by atoms with Crippen molar-refractivity contribution in [3.8, 4) is 5.82 Å². The third-order valence-electron chi connectivity index (χ3n) is 2.08. The monoisotopic (exact) mass is 251 g/mol. The smallest absolute Gasteiger partial charge is 0.342 e. The van der Waals surface area contributed by atoms with E-state index in [1.54, 1.807) is 12.3 Å². The van der Waals surface area contributed by atoms with Crippen LogP contribution < -0.4 is 5.73 Å². The molecule has 17 heavy (non-hydrogen) atoms. The molecule has 0 unspecified atom stereocenters. The van der Waals surface area contributed by atoms with Gasteiger partial charge in [0.1, 0.15) is 22.7 Å². The van der Waals surface area contributed by atoms with Crippen LogP contribution in [0.15, 0.2) is 23.6 Å². The second-order valence-corrected chi connectivity index (χ2v) is 3.85. The van der Waals surface area contributed by atoms with Crippen LogP contribution in [-0.2, 0) is 0 Å². The fourth-order valence-corrected chi connectivity index (χ4v) is 1.90. The van der Waals surface area contributed by atoms with Gasteiger partial charge in [0.15, 0.2) is 5.82 Å². The summed E-state index contributed by atoms with van der Waals surface area (Å²) >= 11 is 1.22. The highest BCUT2D eigenvalue weighted by molar-refractivity contribution is 7.98. The van der Waals surface area contributed by atoms with E-state index < -0.39 is 5.97 Å². The second-order valence-electron chi connectivity index (χ2n) is 3.05. The largest absolute Gasteiger partial charge is 0.477 e. The zero-order valence-electron chi connectivity index (χ0n) is 8.86. The molecule has 0 fully saturated rings. The second kappa shape index (κ2) is 4.42. The van der Waals surface area contributed by atoms with Crippen LogP contribution in [0.4, 0.5) is 5.82 Å². The van der Waals surface area contributed by atoms with Crippen LogP contribution in [0.3, 0.4) is 0 Å². The quantitative estimate of drug-likeness (QED) is 0.772. The van der Waals surface area contributed by atoms with Crippen LogP contribution in [-0.4, -0.2) is 37.1 Å². The van der Waals surface area contributed by atoms with E-state index in [-0.39, 0.29) is 11.4 Å². The number of rotatable bonds is 3. The van der Waals surface area contributed by atoms with E-state index in [4.69, 9.17) is 10.8 Å². The molecule has 8 heteroatoms. The Labute approximate surface area is 101 Å². The number of hydrogen-bond acceptors (Lipinski definition) is 6. The number of thioether (sulfide) groups is 1. The van der Waals surface area contributed by atoms with E-state index >= 15 is 0 Å². The SMILES string of the molecule is CSc1nn(-c2ccncn2)c(N)c1C(=O)O. The maximum absolute atomic E-state index is 11.1. The summed E-state index contributed by atoms with van der Waals surface area (Å²) in [5.41, 5.74) is 5.75. The number of aromatic nitrogens is 4. The van der Waals surface area contributed by atoms with Gasteiger partial charge >= 0.3 is 5.97 Å². The first-order valence-electron chi connectivity index (χ1n) is 4.57.